The van der Waals surface area contributed by atoms with Crippen LogP contribution in [-0.4, -0.2) is 23.6 Å². The van der Waals surface area contributed by atoms with E-state index in [1.54, 1.807) is 25.4 Å². The van der Waals surface area contributed by atoms with Gasteiger partial charge in [0.1, 0.15) is 10.6 Å². The second kappa shape index (κ2) is 6.11. The lowest BCUT2D eigenvalue weighted by Gasteiger charge is -2.21. The van der Waals surface area contributed by atoms with Gasteiger partial charge >= 0.3 is 0 Å². The first kappa shape index (κ1) is 14.5. The molecule has 2 heterocycles. The number of hydrogen-bond acceptors (Lipinski definition) is 6. The van der Waals surface area contributed by atoms with Gasteiger partial charge in [0.15, 0.2) is 5.13 Å². The molecule has 0 aliphatic heterocycles. The standard InChI is InChI=1S/C16H15N3O2S/c1-3-19(11-6-4-7-12(10-11)21-2)16-18-14(20)13-8-5-9-17-15(13)22-16/h4-10H,3H2,1-2H3. The fraction of sp³-hybridized carbons (Fsp3) is 0.188. The van der Waals surface area contributed by atoms with Crippen LogP contribution in [-0.2, 0) is 0 Å². The highest BCUT2D eigenvalue weighted by Gasteiger charge is 2.13. The monoisotopic (exact) mass is 313 g/mol. The van der Waals surface area contributed by atoms with Crippen LogP contribution >= 0.6 is 11.3 Å². The van der Waals surface area contributed by atoms with E-state index in [0.717, 1.165) is 11.4 Å². The van der Waals surface area contributed by atoms with Gasteiger partial charge in [-0.05, 0) is 31.2 Å². The Balaban J connectivity index is 2.12. The minimum Gasteiger partial charge on any atom is -0.497 e. The molecular weight excluding hydrogens is 298 g/mol. The molecule has 2 aromatic heterocycles. The van der Waals surface area contributed by atoms with Crippen molar-refractivity contribution in [3.05, 3.63) is 52.9 Å². The van der Waals surface area contributed by atoms with Crippen LogP contribution in [0.1, 0.15) is 6.92 Å². The van der Waals surface area contributed by atoms with E-state index in [9.17, 15) is 4.79 Å². The van der Waals surface area contributed by atoms with Crippen molar-refractivity contribution in [1.29, 1.82) is 0 Å². The van der Waals surface area contributed by atoms with Crippen LogP contribution in [0.5, 0.6) is 5.75 Å². The van der Waals surface area contributed by atoms with E-state index >= 15 is 0 Å². The minimum atomic E-state index is -0.252. The number of nitrogens with zero attached hydrogens (tertiary/aromatic N) is 3. The lowest BCUT2D eigenvalue weighted by Crippen LogP contribution is -2.20. The largest absolute Gasteiger partial charge is 0.497 e. The van der Waals surface area contributed by atoms with Crippen LogP contribution in [0.4, 0.5) is 10.8 Å². The lowest BCUT2D eigenvalue weighted by atomic mass is 10.3. The Kier molecular flexibility index (Phi) is 4.02. The number of rotatable bonds is 4. The van der Waals surface area contributed by atoms with Crippen LogP contribution in [0.15, 0.2) is 47.4 Å². The number of pyridine rings is 1. The van der Waals surface area contributed by atoms with Crippen LogP contribution in [0.2, 0.25) is 0 Å². The molecule has 112 valence electrons. The van der Waals surface area contributed by atoms with Gasteiger partial charge in [0, 0.05) is 24.5 Å². The fourth-order valence-corrected chi connectivity index (χ4v) is 3.24. The molecule has 0 aliphatic rings. The van der Waals surface area contributed by atoms with Crippen LogP contribution in [0.25, 0.3) is 10.2 Å². The predicted molar refractivity (Wildman–Crippen MR) is 89.4 cm³/mol. The molecule has 3 rings (SSSR count). The molecule has 0 unspecified atom stereocenters. The van der Waals surface area contributed by atoms with Crippen molar-refractivity contribution in [2.24, 2.45) is 0 Å². The maximum atomic E-state index is 12.2. The zero-order chi connectivity index (χ0) is 15.5. The molecule has 0 N–H and O–H groups in total. The third kappa shape index (κ3) is 2.65. The Morgan fingerprint density at radius 2 is 2.14 bits per heavy atom. The average molecular weight is 313 g/mol. The molecule has 0 atom stereocenters. The number of aromatic nitrogens is 2. The summed E-state index contributed by atoms with van der Waals surface area (Å²) in [6.07, 6.45) is 1.68. The van der Waals surface area contributed by atoms with Crippen molar-refractivity contribution < 1.29 is 4.74 Å². The molecule has 5 nitrogen and oxygen atoms in total. The van der Waals surface area contributed by atoms with Crippen molar-refractivity contribution in [3.63, 3.8) is 0 Å². The highest BCUT2D eigenvalue weighted by molar-refractivity contribution is 7.21. The van der Waals surface area contributed by atoms with Crippen molar-refractivity contribution in [2.45, 2.75) is 6.92 Å². The minimum absolute atomic E-state index is 0.252. The normalized spacial score (nSPS) is 10.6. The van der Waals surface area contributed by atoms with E-state index in [4.69, 9.17) is 4.74 Å². The zero-order valence-corrected chi connectivity index (χ0v) is 13.1. The summed E-state index contributed by atoms with van der Waals surface area (Å²) >= 11 is 1.40. The molecule has 0 bridgehead atoms. The van der Waals surface area contributed by atoms with E-state index in [-0.39, 0.29) is 5.56 Å². The van der Waals surface area contributed by atoms with Crippen molar-refractivity contribution in [1.82, 2.24) is 9.97 Å². The topological polar surface area (TPSA) is 55.3 Å². The fourth-order valence-electron chi connectivity index (χ4n) is 2.21. The molecule has 0 aliphatic carbocycles. The third-order valence-electron chi connectivity index (χ3n) is 3.30. The maximum Gasteiger partial charge on any atom is 0.282 e. The number of methoxy groups -OCH3 is 1. The first-order valence-electron chi connectivity index (χ1n) is 6.90. The zero-order valence-electron chi connectivity index (χ0n) is 12.3. The van der Waals surface area contributed by atoms with E-state index < -0.39 is 0 Å². The summed E-state index contributed by atoms with van der Waals surface area (Å²) in [7, 11) is 1.63. The van der Waals surface area contributed by atoms with Gasteiger partial charge < -0.3 is 9.64 Å². The number of benzene rings is 1. The Morgan fingerprint density at radius 1 is 1.27 bits per heavy atom. The molecule has 6 heteroatoms. The molecule has 1 aromatic carbocycles. The molecule has 0 spiro atoms. The van der Waals surface area contributed by atoms with Crippen LogP contribution in [0, 0.1) is 0 Å². The van der Waals surface area contributed by atoms with Gasteiger partial charge in [-0.25, -0.2) is 4.98 Å². The Bertz CT molecular complexity index is 863. The van der Waals surface area contributed by atoms with Crippen LogP contribution in [0.3, 0.4) is 0 Å². The van der Waals surface area contributed by atoms with Crippen LogP contribution < -0.4 is 15.2 Å². The van der Waals surface area contributed by atoms with Gasteiger partial charge in [-0.1, -0.05) is 17.4 Å². The van der Waals surface area contributed by atoms with E-state index in [1.165, 1.54) is 11.3 Å². The Morgan fingerprint density at radius 3 is 2.91 bits per heavy atom. The van der Waals surface area contributed by atoms with Gasteiger partial charge in [-0.3, -0.25) is 4.79 Å². The molecular formula is C16H15N3O2S. The molecule has 22 heavy (non-hydrogen) atoms. The maximum absolute atomic E-state index is 12.2. The van der Waals surface area contributed by atoms with Gasteiger partial charge in [0.05, 0.1) is 12.5 Å². The summed E-state index contributed by atoms with van der Waals surface area (Å²) in [6.45, 7) is 2.70. The van der Waals surface area contributed by atoms with E-state index in [2.05, 4.69) is 9.97 Å². The SMILES string of the molecule is CCN(c1cccc(OC)c1)c1nc(=O)c2cccnc2s1. The summed E-state index contributed by atoms with van der Waals surface area (Å²) in [5.41, 5.74) is 0.679. The quantitative estimate of drug-likeness (QED) is 0.740. The van der Waals surface area contributed by atoms with E-state index in [1.807, 2.05) is 36.1 Å². The second-order valence-electron chi connectivity index (χ2n) is 4.60. The van der Waals surface area contributed by atoms with Gasteiger partial charge in [0.25, 0.3) is 5.56 Å². The first-order valence-corrected chi connectivity index (χ1v) is 7.72. The van der Waals surface area contributed by atoms with Gasteiger partial charge in [-0.2, -0.15) is 4.98 Å². The Hall–Kier alpha value is -2.47. The third-order valence-corrected chi connectivity index (χ3v) is 4.31. The lowest BCUT2D eigenvalue weighted by molar-refractivity contribution is 0.415. The summed E-state index contributed by atoms with van der Waals surface area (Å²) < 4.78 is 5.26. The number of fused-ring (bicyclic) bond motifs is 1. The number of hydrogen-bond donors (Lipinski definition) is 0. The molecule has 3 aromatic rings. The molecule has 0 fully saturated rings. The highest BCUT2D eigenvalue weighted by atomic mass is 32.1. The average Bonchev–Trinajstić information content (AvgIpc) is 2.56. The molecule has 0 saturated carbocycles. The Labute approximate surface area is 131 Å². The smallest absolute Gasteiger partial charge is 0.282 e. The van der Waals surface area contributed by atoms with E-state index in [0.29, 0.717) is 21.9 Å². The van der Waals surface area contributed by atoms with Crippen molar-refractivity contribution in [2.75, 3.05) is 18.6 Å². The first-order chi connectivity index (χ1) is 10.7. The van der Waals surface area contributed by atoms with Gasteiger partial charge in [0.2, 0.25) is 0 Å². The van der Waals surface area contributed by atoms with Crippen molar-refractivity contribution >= 4 is 32.4 Å². The number of anilines is 2. The summed E-state index contributed by atoms with van der Waals surface area (Å²) in [4.78, 5) is 23.3. The second-order valence-corrected chi connectivity index (χ2v) is 5.56. The summed E-state index contributed by atoms with van der Waals surface area (Å²) in [5.74, 6) is 0.766. The molecule has 0 radical (unpaired) electrons. The number of ether oxygens (including phenoxy) is 1. The predicted octanol–water partition coefficient (Wildman–Crippen LogP) is 3.22. The van der Waals surface area contributed by atoms with Gasteiger partial charge in [-0.15, -0.1) is 0 Å². The molecule has 0 saturated heterocycles. The van der Waals surface area contributed by atoms with Crippen molar-refractivity contribution in [3.8, 4) is 5.75 Å². The molecule has 0 amide bonds. The summed E-state index contributed by atoms with van der Waals surface area (Å²) in [6, 6.07) is 11.2. The highest BCUT2D eigenvalue weighted by Crippen LogP contribution is 2.30. The summed E-state index contributed by atoms with van der Waals surface area (Å²) in [5, 5.41) is 1.19.